The molecule has 3 rings (SSSR count). The summed E-state index contributed by atoms with van der Waals surface area (Å²) in [7, 11) is 0. The molecular weight excluding hydrogens is 326 g/mol. The summed E-state index contributed by atoms with van der Waals surface area (Å²) < 4.78 is 0. The fourth-order valence-electron chi connectivity index (χ4n) is 3.27. The van der Waals surface area contributed by atoms with Crippen LogP contribution in [-0.2, 0) is 0 Å². The van der Waals surface area contributed by atoms with E-state index in [2.05, 4.69) is 23.1 Å². The van der Waals surface area contributed by atoms with Crippen molar-refractivity contribution in [1.82, 2.24) is 0 Å². The predicted molar refractivity (Wildman–Crippen MR) is 104 cm³/mol. The van der Waals surface area contributed by atoms with Crippen molar-refractivity contribution in [1.29, 1.82) is 5.26 Å². The molecule has 2 aromatic rings. The van der Waals surface area contributed by atoms with Crippen molar-refractivity contribution in [3.63, 3.8) is 0 Å². The smallest absolute Gasteiger partial charge is 0.269 e. The number of hydrogen-bond donors (Lipinski definition) is 0. The second-order valence-corrected chi connectivity index (χ2v) is 6.56. The number of nitriles is 1. The molecule has 1 aliphatic rings. The average molecular weight is 347 g/mol. The number of hydrogen-bond acceptors (Lipinski definition) is 4. The molecule has 0 aromatic heterocycles. The highest BCUT2D eigenvalue weighted by Gasteiger charge is 2.12. The Morgan fingerprint density at radius 2 is 1.85 bits per heavy atom. The van der Waals surface area contributed by atoms with Gasteiger partial charge in [-0.15, -0.1) is 0 Å². The third-order valence-electron chi connectivity index (χ3n) is 4.78. The number of rotatable bonds is 4. The number of non-ortho nitro benzene ring substituents is 1. The molecule has 1 fully saturated rings. The lowest BCUT2D eigenvalue weighted by molar-refractivity contribution is -0.384. The average Bonchev–Trinajstić information content (AvgIpc) is 2.68. The SMILES string of the molecule is Cc1cc(N2CCCCC2)ccc1/C=C(/C#N)c1ccc([N+](=O)[O-])cc1. The van der Waals surface area contributed by atoms with Crippen LogP contribution in [0.3, 0.4) is 0 Å². The highest BCUT2D eigenvalue weighted by molar-refractivity contribution is 5.90. The monoisotopic (exact) mass is 347 g/mol. The van der Waals surface area contributed by atoms with Crippen molar-refractivity contribution in [2.24, 2.45) is 0 Å². The summed E-state index contributed by atoms with van der Waals surface area (Å²) in [6.07, 6.45) is 5.62. The lowest BCUT2D eigenvalue weighted by Crippen LogP contribution is -2.29. The van der Waals surface area contributed by atoms with Gasteiger partial charge in [-0.1, -0.05) is 6.07 Å². The van der Waals surface area contributed by atoms with E-state index >= 15 is 0 Å². The second kappa shape index (κ2) is 7.83. The van der Waals surface area contributed by atoms with Gasteiger partial charge in [0, 0.05) is 30.9 Å². The fraction of sp³-hybridized carbons (Fsp3) is 0.286. The van der Waals surface area contributed by atoms with E-state index in [1.54, 1.807) is 12.1 Å². The highest BCUT2D eigenvalue weighted by Crippen LogP contribution is 2.26. The molecule has 0 bridgehead atoms. The first-order valence-electron chi connectivity index (χ1n) is 8.81. The molecule has 0 saturated carbocycles. The molecular formula is C21H21N3O2. The van der Waals surface area contributed by atoms with E-state index < -0.39 is 4.92 Å². The van der Waals surface area contributed by atoms with Crippen LogP contribution in [-0.4, -0.2) is 18.0 Å². The summed E-state index contributed by atoms with van der Waals surface area (Å²) in [5, 5.41) is 20.3. The number of anilines is 1. The van der Waals surface area contributed by atoms with Crippen molar-refractivity contribution < 1.29 is 4.92 Å². The molecule has 0 amide bonds. The lowest BCUT2D eigenvalue weighted by Gasteiger charge is -2.29. The zero-order valence-corrected chi connectivity index (χ0v) is 14.8. The zero-order chi connectivity index (χ0) is 18.5. The van der Waals surface area contributed by atoms with Gasteiger partial charge in [-0.25, -0.2) is 0 Å². The van der Waals surface area contributed by atoms with Gasteiger partial charge >= 0.3 is 0 Å². The van der Waals surface area contributed by atoms with Crippen molar-refractivity contribution >= 4 is 23.0 Å². The van der Waals surface area contributed by atoms with Gasteiger partial charge in [-0.3, -0.25) is 10.1 Å². The van der Waals surface area contributed by atoms with E-state index in [9.17, 15) is 15.4 Å². The van der Waals surface area contributed by atoms with Crippen molar-refractivity contribution in [3.8, 4) is 6.07 Å². The van der Waals surface area contributed by atoms with Crippen LogP contribution in [0.4, 0.5) is 11.4 Å². The Balaban J connectivity index is 1.87. The molecule has 132 valence electrons. The van der Waals surface area contributed by atoms with Gasteiger partial charge in [0.2, 0.25) is 0 Å². The molecule has 0 spiro atoms. The maximum Gasteiger partial charge on any atom is 0.269 e. The topological polar surface area (TPSA) is 70.2 Å². The van der Waals surface area contributed by atoms with Crippen LogP contribution < -0.4 is 4.90 Å². The first kappa shape index (κ1) is 17.7. The van der Waals surface area contributed by atoms with Crippen LogP contribution in [0.2, 0.25) is 0 Å². The Kier molecular flexibility index (Phi) is 5.33. The summed E-state index contributed by atoms with van der Waals surface area (Å²) >= 11 is 0. The van der Waals surface area contributed by atoms with E-state index in [0.717, 1.165) is 24.2 Å². The molecule has 1 saturated heterocycles. The Hall–Kier alpha value is -3.13. The molecule has 0 aliphatic carbocycles. The predicted octanol–water partition coefficient (Wildman–Crippen LogP) is 4.96. The van der Waals surface area contributed by atoms with Gasteiger partial charge in [0.1, 0.15) is 0 Å². The van der Waals surface area contributed by atoms with Crippen LogP contribution in [0.15, 0.2) is 42.5 Å². The number of nitro benzene ring substituents is 1. The van der Waals surface area contributed by atoms with Crippen molar-refractivity contribution in [3.05, 3.63) is 69.3 Å². The van der Waals surface area contributed by atoms with Gasteiger partial charge in [0.15, 0.2) is 0 Å². The number of allylic oxidation sites excluding steroid dienone is 1. The molecule has 26 heavy (non-hydrogen) atoms. The molecule has 0 radical (unpaired) electrons. The molecule has 0 unspecified atom stereocenters. The van der Waals surface area contributed by atoms with E-state index in [1.807, 2.05) is 19.1 Å². The molecule has 2 aromatic carbocycles. The summed E-state index contributed by atoms with van der Waals surface area (Å²) in [6.45, 7) is 4.24. The van der Waals surface area contributed by atoms with Gasteiger partial charge in [0.25, 0.3) is 5.69 Å². The number of piperidine rings is 1. The first-order chi connectivity index (χ1) is 12.6. The van der Waals surface area contributed by atoms with E-state index in [0.29, 0.717) is 11.1 Å². The quantitative estimate of drug-likeness (QED) is 0.339. The number of aryl methyl sites for hydroxylation is 1. The number of benzene rings is 2. The van der Waals surface area contributed by atoms with Crippen molar-refractivity contribution in [2.45, 2.75) is 26.2 Å². The third-order valence-corrected chi connectivity index (χ3v) is 4.78. The van der Waals surface area contributed by atoms with E-state index in [4.69, 9.17) is 0 Å². The Bertz CT molecular complexity index is 873. The normalized spacial score (nSPS) is 14.8. The minimum atomic E-state index is -0.441. The van der Waals surface area contributed by atoms with E-state index in [1.165, 1.54) is 37.1 Å². The van der Waals surface area contributed by atoms with Gasteiger partial charge < -0.3 is 4.90 Å². The fourth-order valence-corrected chi connectivity index (χ4v) is 3.27. The van der Waals surface area contributed by atoms with Crippen LogP contribution in [0.1, 0.15) is 36.0 Å². The Morgan fingerprint density at radius 3 is 2.42 bits per heavy atom. The largest absolute Gasteiger partial charge is 0.372 e. The maximum absolute atomic E-state index is 10.8. The minimum Gasteiger partial charge on any atom is -0.372 e. The zero-order valence-electron chi connectivity index (χ0n) is 14.8. The summed E-state index contributed by atoms with van der Waals surface area (Å²) in [5.41, 5.74) is 4.52. The maximum atomic E-state index is 10.8. The molecule has 0 atom stereocenters. The van der Waals surface area contributed by atoms with Crippen LogP contribution in [0, 0.1) is 28.4 Å². The number of nitro groups is 1. The molecule has 1 heterocycles. The van der Waals surface area contributed by atoms with Gasteiger partial charge in [0.05, 0.1) is 16.6 Å². The third kappa shape index (κ3) is 3.92. The lowest BCUT2D eigenvalue weighted by atomic mass is 10.00. The summed E-state index contributed by atoms with van der Waals surface area (Å²) in [4.78, 5) is 12.7. The summed E-state index contributed by atoms with van der Waals surface area (Å²) in [6, 6.07) is 14.6. The van der Waals surface area contributed by atoms with Gasteiger partial charge in [-0.05, 0) is 73.2 Å². The van der Waals surface area contributed by atoms with Crippen LogP contribution >= 0.6 is 0 Å². The Morgan fingerprint density at radius 1 is 1.15 bits per heavy atom. The molecule has 0 N–H and O–H groups in total. The van der Waals surface area contributed by atoms with Crippen LogP contribution in [0.25, 0.3) is 11.6 Å². The van der Waals surface area contributed by atoms with E-state index in [-0.39, 0.29) is 5.69 Å². The van der Waals surface area contributed by atoms with Gasteiger partial charge in [-0.2, -0.15) is 5.26 Å². The highest BCUT2D eigenvalue weighted by atomic mass is 16.6. The molecule has 5 nitrogen and oxygen atoms in total. The standard InChI is InChI=1S/C21H21N3O2/c1-16-13-21(23-11-3-2-4-12-23)10-7-18(16)14-19(15-22)17-5-8-20(9-6-17)24(25)26/h5-10,13-14H,2-4,11-12H2,1H3/b19-14-. The van der Waals surface area contributed by atoms with Crippen LogP contribution in [0.5, 0.6) is 0 Å². The van der Waals surface area contributed by atoms with Crippen molar-refractivity contribution in [2.75, 3.05) is 18.0 Å². The second-order valence-electron chi connectivity index (χ2n) is 6.56. The first-order valence-corrected chi connectivity index (χ1v) is 8.81. The molecule has 5 heteroatoms. The summed E-state index contributed by atoms with van der Waals surface area (Å²) in [5.74, 6) is 0. The number of nitrogens with zero attached hydrogens (tertiary/aromatic N) is 3. The Labute approximate surface area is 153 Å². The molecule has 1 aliphatic heterocycles. The minimum absolute atomic E-state index is 0.0214.